The van der Waals surface area contributed by atoms with Crippen molar-refractivity contribution in [2.75, 3.05) is 6.61 Å². The first-order valence-corrected chi connectivity index (χ1v) is 4.03. The fourth-order valence-electron chi connectivity index (χ4n) is 0.738. The minimum absolute atomic E-state index is 0.0277. The van der Waals surface area contributed by atoms with Crippen molar-refractivity contribution in [3.63, 3.8) is 0 Å². The van der Waals surface area contributed by atoms with Gasteiger partial charge < -0.3 is 10.8 Å². The van der Waals surface area contributed by atoms with Crippen molar-refractivity contribution < 1.29 is 5.11 Å². The van der Waals surface area contributed by atoms with Gasteiger partial charge in [0, 0.05) is 4.88 Å². The number of thiophene rings is 1. The number of aliphatic hydroxyl groups is 1. The van der Waals surface area contributed by atoms with E-state index in [4.69, 9.17) is 10.8 Å². The van der Waals surface area contributed by atoms with Gasteiger partial charge in [0.25, 0.3) is 0 Å². The Morgan fingerprint density at radius 1 is 1.80 bits per heavy atom. The fourth-order valence-corrected chi connectivity index (χ4v) is 1.63. The second-order valence-corrected chi connectivity index (χ2v) is 3.26. The van der Waals surface area contributed by atoms with Crippen molar-refractivity contribution in [3.05, 3.63) is 21.9 Å². The molecule has 0 fully saturated rings. The van der Waals surface area contributed by atoms with Gasteiger partial charge in [-0.2, -0.15) is 0 Å². The molecule has 2 nitrogen and oxygen atoms in total. The summed E-state index contributed by atoms with van der Waals surface area (Å²) in [6, 6.07) is 1.81. The maximum absolute atomic E-state index is 8.68. The van der Waals surface area contributed by atoms with E-state index >= 15 is 0 Å². The highest BCUT2D eigenvalue weighted by Gasteiger charge is 2.04. The second-order valence-electron chi connectivity index (χ2n) is 2.32. The molecule has 1 atom stereocenters. The predicted octanol–water partition coefficient (Wildman–Crippen LogP) is 1.05. The van der Waals surface area contributed by atoms with Gasteiger partial charge in [-0.1, -0.05) is 0 Å². The van der Waals surface area contributed by atoms with Crippen molar-refractivity contribution in [3.8, 4) is 0 Å². The van der Waals surface area contributed by atoms with Gasteiger partial charge in [-0.25, -0.2) is 0 Å². The highest BCUT2D eigenvalue weighted by Crippen LogP contribution is 2.19. The van der Waals surface area contributed by atoms with Gasteiger partial charge >= 0.3 is 0 Å². The molecule has 0 aromatic carbocycles. The van der Waals surface area contributed by atoms with Crippen LogP contribution in [-0.2, 0) is 0 Å². The molecule has 0 saturated heterocycles. The molecule has 0 saturated carbocycles. The van der Waals surface area contributed by atoms with Crippen LogP contribution in [0.5, 0.6) is 0 Å². The van der Waals surface area contributed by atoms with Crippen LogP contribution in [0.1, 0.15) is 16.5 Å². The summed E-state index contributed by atoms with van der Waals surface area (Å²) in [4.78, 5) is 1.06. The number of aryl methyl sites for hydroxylation is 1. The Bertz CT molecular complexity index is 209. The van der Waals surface area contributed by atoms with E-state index in [1.54, 1.807) is 11.3 Å². The van der Waals surface area contributed by atoms with Crippen LogP contribution in [-0.4, -0.2) is 11.7 Å². The van der Waals surface area contributed by atoms with Crippen LogP contribution in [0.25, 0.3) is 0 Å². The Balaban J connectivity index is 2.74. The molecule has 1 aromatic heterocycles. The Hall–Kier alpha value is -0.380. The zero-order valence-corrected chi connectivity index (χ0v) is 6.69. The largest absolute Gasteiger partial charge is 0.394 e. The van der Waals surface area contributed by atoms with Crippen molar-refractivity contribution in [1.82, 2.24) is 0 Å². The number of hydrogen-bond acceptors (Lipinski definition) is 3. The van der Waals surface area contributed by atoms with Gasteiger partial charge in [-0.05, 0) is 23.9 Å². The molecule has 56 valence electrons. The smallest absolute Gasteiger partial charge is 0.0632 e. The molecule has 0 aliphatic carbocycles. The van der Waals surface area contributed by atoms with Crippen molar-refractivity contribution in [2.24, 2.45) is 5.73 Å². The Kier molecular flexibility index (Phi) is 2.43. The first kappa shape index (κ1) is 7.72. The number of hydrogen-bond donors (Lipinski definition) is 2. The van der Waals surface area contributed by atoms with Crippen LogP contribution in [0.2, 0.25) is 0 Å². The molecule has 3 N–H and O–H groups in total. The molecular weight excluding hydrogens is 146 g/mol. The summed E-state index contributed by atoms with van der Waals surface area (Å²) in [5, 5.41) is 10.7. The molecule has 1 rings (SSSR count). The lowest BCUT2D eigenvalue weighted by Gasteiger charge is -2.02. The molecule has 10 heavy (non-hydrogen) atoms. The molecule has 0 aliphatic rings. The highest BCUT2D eigenvalue weighted by atomic mass is 32.1. The fraction of sp³-hybridized carbons (Fsp3) is 0.429. The molecular formula is C7H11NOS. The Labute approximate surface area is 64.3 Å². The number of nitrogens with two attached hydrogens (primary N) is 1. The van der Waals surface area contributed by atoms with Crippen LogP contribution in [0.3, 0.4) is 0 Å². The minimum Gasteiger partial charge on any atom is -0.394 e. The zero-order chi connectivity index (χ0) is 7.56. The van der Waals surface area contributed by atoms with Gasteiger partial charge in [0.1, 0.15) is 0 Å². The molecule has 0 amide bonds. The predicted molar refractivity (Wildman–Crippen MR) is 43.1 cm³/mol. The summed E-state index contributed by atoms with van der Waals surface area (Å²) in [5.41, 5.74) is 6.78. The monoisotopic (exact) mass is 157 g/mol. The quantitative estimate of drug-likeness (QED) is 0.674. The van der Waals surface area contributed by atoms with Gasteiger partial charge in [-0.15, -0.1) is 11.3 Å². The molecule has 0 bridgehead atoms. The van der Waals surface area contributed by atoms with E-state index in [9.17, 15) is 0 Å². The first-order chi connectivity index (χ1) is 4.74. The van der Waals surface area contributed by atoms with Gasteiger partial charge in [0.2, 0.25) is 0 Å². The van der Waals surface area contributed by atoms with Crippen LogP contribution >= 0.6 is 11.3 Å². The molecule has 1 heterocycles. The van der Waals surface area contributed by atoms with Crippen molar-refractivity contribution in [1.29, 1.82) is 0 Å². The number of rotatable bonds is 2. The van der Waals surface area contributed by atoms with E-state index in [2.05, 4.69) is 0 Å². The van der Waals surface area contributed by atoms with Crippen LogP contribution in [0.15, 0.2) is 11.4 Å². The van der Waals surface area contributed by atoms with Gasteiger partial charge in [0.15, 0.2) is 0 Å². The molecule has 3 heteroatoms. The highest BCUT2D eigenvalue weighted by molar-refractivity contribution is 7.10. The third-order valence-corrected chi connectivity index (χ3v) is 2.50. The maximum atomic E-state index is 8.68. The van der Waals surface area contributed by atoms with E-state index in [1.807, 2.05) is 18.4 Å². The standard InChI is InChI=1S/C7H11NOS/c1-5-2-7(10-4-5)6(8)3-9/h2,4,6,9H,3,8H2,1H3/t6-/m1/s1. The maximum Gasteiger partial charge on any atom is 0.0632 e. The topological polar surface area (TPSA) is 46.2 Å². The summed E-state index contributed by atoms with van der Waals surface area (Å²) in [6.07, 6.45) is 0. The summed E-state index contributed by atoms with van der Waals surface area (Å²) in [6.45, 7) is 2.05. The van der Waals surface area contributed by atoms with Crippen molar-refractivity contribution in [2.45, 2.75) is 13.0 Å². The average molecular weight is 157 g/mol. The zero-order valence-electron chi connectivity index (χ0n) is 5.87. The van der Waals surface area contributed by atoms with Crippen LogP contribution in [0, 0.1) is 6.92 Å². The second kappa shape index (κ2) is 3.14. The van der Waals surface area contributed by atoms with E-state index in [1.165, 1.54) is 5.56 Å². The molecule has 0 radical (unpaired) electrons. The summed E-state index contributed by atoms with van der Waals surface area (Å²) < 4.78 is 0. The lowest BCUT2D eigenvalue weighted by molar-refractivity contribution is 0.269. The third kappa shape index (κ3) is 1.56. The molecule has 1 aromatic rings. The summed E-state index contributed by atoms with van der Waals surface area (Å²) >= 11 is 1.60. The molecule has 0 unspecified atom stereocenters. The van der Waals surface area contributed by atoms with Crippen molar-refractivity contribution >= 4 is 11.3 Å². The average Bonchev–Trinajstić information content (AvgIpc) is 2.34. The molecule has 0 spiro atoms. The van der Waals surface area contributed by atoms with E-state index in [-0.39, 0.29) is 12.6 Å². The van der Waals surface area contributed by atoms with E-state index in [0.717, 1.165) is 4.88 Å². The van der Waals surface area contributed by atoms with Crippen LogP contribution < -0.4 is 5.73 Å². The van der Waals surface area contributed by atoms with Gasteiger partial charge in [-0.3, -0.25) is 0 Å². The van der Waals surface area contributed by atoms with Gasteiger partial charge in [0.05, 0.1) is 12.6 Å². The Morgan fingerprint density at radius 3 is 2.90 bits per heavy atom. The number of aliphatic hydroxyl groups excluding tert-OH is 1. The first-order valence-electron chi connectivity index (χ1n) is 3.15. The van der Waals surface area contributed by atoms with Crippen LogP contribution in [0.4, 0.5) is 0 Å². The lowest BCUT2D eigenvalue weighted by atomic mass is 10.2. The SMILES string of the molecule is Cc1csc([C@H](N)CO)c1. The molecule has 0 aliphatic heterocycles. The van der Waals surface area contributed by atoms with E-state index < -0.39 is 0 Å². The lowest BCUT2D eigenvalue weighted by Crippen LogP contribution is -2.12. The van der Waals surface area contributed by atoms with E-state index in [0.29, 0.717) is 0 Å². The third-order valence-electron chi connectivity index (χ3n) is 1.31. The normalized spacial score (nSPS) is 13.5. The Morgan fingerprint density at radius 2 is 2.50 bits per heavy atom. The summed E-state index contributed by atoms with van der Waals surface area (Å²) in [5.74, 6) is 0. The summed E-state index contributed by atoms with van der Waals surface area (Å²) in [7, 11) is 0. The minimum atomic E-state index is -0.196.